The highest BCUT2D eigenvalue weighted by Crippen LogP contribution is 2.52. The Morgan fingerprint density at radius 2 is 0.957 bits per heavy atom. The molecule has 48 heteroatoms. The molecule has 92 heavy (non-hydrogen) atoms. The third-order valence-electron chi connectivity index (χ3n) is 12.0. The highest BCUT2D eigenvalue weighted by Gasteiger charge is 2.66. The number of tetrazole rings is 2. The lowest BCUT2D eigenvalue weighted by Crippen LogP contribution is -2.36. The van der Waals surface area contributed by atoms with Gasteiger partial charge in [0, 0.05) is 33.2 Å². The number of rotatable bonds is 11. The van der Waals surface area contributed by atoms with Crippen molar-refractivity contribution in [3.05, 3.63) is 97.0 Å². The largest absolute Gasteiger partial charge is 0.488 e. The molecule has 500 valence electrons. The summed E-state index contributed by atoms with van der Waals surface area (Å²) in [7, 11) is 0.537. The van der Waals surface area contributed by atoms with E-state index in [0.717, 1.165) is 45.8 Å². The number of aryl methyl sites for hydroxylation is 3. The molecule has 9 rings (SSSR count). The lowest BCUT2D eigenvalue weighted by atomic mass is 9.79. The molecule has 2 aliphatic rings. The Morgan fingerprint density at radius 3 is 1.33 bits per heavy atom. The van der Waals surface area contributed by atoms with Crippen LogP contribution in [0.1, 0.15) is 85.9 Å². The average Bonchev–Trinajstić information content (AvgIpc) is 1.58. The monoisotopic (exact) mass is 1400 g/mol. The Hall–Kier alpha value is -8.48. The van der Waals surface area contributed by atoms with E-state index in [1.54, 1.807) is 5.21 Å². The molecule has 2 amide bonds. The minimum Gasteiger partial charge on any atom is -0.423 e. The summed E-state index contributed by atoms with van der Waals surface area (Å²) in [5.74, 6) is -20.1. The third-order valence-corrected chi connectivity index (χ3v) is 12.7. The van der Waals surface area contributed by atoms with Gasteiger partial charge in [0.05, 0.1) is 26.9 Å². The molecule has 0 spiro atoms. The van der Waals surface area contributed by atoms with Crippen LogP contribution in [0.5, 0.6) is 0 Å². The summed E-state index contributed by atoms with van der Waals surface area (Å²) < 4.78 is 310. The second kappa shape index (κ2) is 25.5. The van der Waals surface area contributed by atoms with E-state index in [1.807, 2.05) is 0 Å². The summed E-state index contributed by atoms with van der Waals surface area (Å²) in [4.78, 5) is 24.7. The molecule has 0 atom stereocenters. The van der Waals surface area contributed by atoms with Crippen LogP contribution in [0.2, 0.25) is 10.0 Å². The van der Waals surface area contributed by atoms with Crippen LogP contribution in [-0.4, -0.2) is 130 Å². The maximum absolute atomic E-state index is 13.9. The minimum atomic E-state index is -6.34. The number of H-pyrrole nitrogens is 1. The fourth-order valence-electron chi connectivity index (χ4n) is 7.43. The summed E-state index contributed by atoms with van der Waals surface area (Å²) in [5.41, 5.74) is -17.9. The summed E-state index contributed by atoms with van der Waals surface area (Å²) in [5, 5.41) is 61.8. The number of nitrogens with zero attached hydrogens (tertiary/aromatic N) is 14. The number of hydrogen-bond acceptors (Lipinski definition) is 14. The number of aromatic amines is 1. The molecule has 2 aliphatic carbocycles. The van der Waals surface area contributed by atoms with E-state index in [4.69, 9.17) is 38.5 Å². The molecule has 21 nitrogen and oxygen atoms in total. The van der Waals surface area contributed by atoms with Gasteiger partial charge in [-0.25, -0.2) is 0 Å². The summed E-state index contributed by atoms with van der Waals surface area (Å²) in [6.45, 7) is 0. The van der Waals surface area contributed by atoms with Crippen LogP contribution in [0.15, 0.2) is 36.4 Å². The van der Waals surface area contributed by atoms with Gasteiger partial charge in [-0.2, -0.15) is 131 Å². The minimum absolute atomic E-state index is 0.00136. The molecule has 2 saturated carbocycles. The first-order valence-corrected chi connectivity index (χ1v) is 24.9. The van der Waals surface area contributed by atoms with Crippen molar-refractivity contribution < 1.29 is 125 Å². The highest BCUT2D eigenvalue weighted by atomic mass is 35.5. The van der Waals surface area contributed by atoms with Crippen LogP contribution < -0.4 is 16.1 Å². The van der Waals surface area contributed by atoms with Crippen molar-refractivity contribution in [1.29, 1.82) is 5.26 Å². The third kappa shape index (κ3) is 15.5. The van der Waals surface area contributed by atoms with E-state index >= 15 is 0 Å². The van der Waals surface area contributed by atoms with Crippen LogP contribution >= 0.6 is 23.2 Å². The Morgan fingerprint density at radius 1 is 0.565 bits per heavy atom. The van der Waals surface area contributed by atoms with Crippen LogP contribution in [-0.2, 0) is 57.4 Å². The number of alkyl halides is 24. The Bertz CT molecular complexity index is 3870. The van der Waals surface area contributed by atoms with E-state index in [1.165, 1.54) is 36.4 Å². The number of carbonyl (C=O) groups is 2. The molecule has 5 N–H and O–H groups in total. The van der Waals surface area contributed by atoms with Gasteiger partial charge in [0.25, 0.3) is 11.8 Å². The topological polar surface area (TPSA) is 274 Å². The summed E-state index contributed by atoms with van der Waals surface area (Å²) in [6, 6.07) is 9.27. The van der Waals surface area contributed by atoms with Gasteiger partial charge in [-0.15, -0.1) is 25.2 Å². The van der Waals surface area contributed by atoms with Crippen molar-refractivity contribution in [1.82, 2.24) is 80.8 Å². The number of halogens is 26. The van der Waals surface area contributed by atoms with Crippen molar-refractivity contribution >= 4 is 47.6 Å². The lowest BCUT2D eigenvalue weighted by Gasteiger charge is -2.19. The zero-order valence-corrected chi connectivity index (χ0v) is 46.3. The van der Waals surface area contributed by atoms with Crippen LogP contribution in [0, 0.1) is 11.3 Å². The zero-order chi connectivity index (χ0) is 69.8. The SMILES string of the molecule is Cn1nc(C(F)(F)C(F)(F)F)c(C(F)(F)F)c1-c1nn[nH]n1.Cn1nc(C(F)(F)C(F)(F)F)c(C(F)(F)F)c1-c1nnn(-c2ccc(Cl)c(C(=O)NC3CC3)c2)n1.Cn1nc(C(F)(F)C(F)(F)F)c(C(F)(F)F)c1C#N.O=C(NC1CC1)c1cc(B(O)O)ccc1Cl. The normalized spacial score (nSPS) is 14.3. The molecule has 0 saturated heterocycles. The fraction of sp³-hybridized carbons (Fsp3) is 0.409. The van der Waals surface area contributed by atoms with Gasteiger partial charge in [0.2, 0.25) is 11.6 Å². The highest BCUT2D eigenvalue weighted by molar-refractivity contribution is 6.58. The summed E-state index contributed by atoms with van der Waals surface area (Å²) in [6.07, 6.45) is -32.1. The first-order valence-electron chi connectivity index (χ1n) is 24.2. The second-order valence-electron chi connectivity index (χ2n) is 18.8. The number of amides is 2. The van der Waals surface area contributed by atoms with E-state index in [2.05, 4.69) is 56.8 Å². The molecule has 0 radical (unpaired) electrons. The second-order valence-corrected chi connectivity index (χ2v) is 19.6. The first kappa shape index (κ1) is 72.6. The van der Waals surface area contributed by atoms with Crippen LogP contribution in [0.25, 0.3) is 28.7 Å². The Kier molecular flexibility index (Phi) is 20.2. The van der Waals surface area contributed by atoms with E-state index in [-0.39, 0.29) is 59.3 Å². The smallest absolute Gasteiger partial charge is 0.423 e. The van der Waals surface area contributed by atoms with Gasteiger partial charge >= 0.3 is 61.9 Å². The molecule has 5 heterocycles. The molecule has 2 aromatic carbocycles. The number of nitriles is 1. The molecule has 2 fully saturated rings. The quantitative estimate of drug-likeness (QED) is 0.0596. The number of aromatic nitrogens is 14. The van der Waals surface area contributed by atoms with Crippen LogP contribution in [0.4, 0.5) is 105 Å². The van der Waals surface area contributed by atoms with Gasteiger partial charge < -0.3 is 20.7 Å². The molecule has 7 aromatic rings. The number of carbonyl (C=O) groups excluding carboxylic acids is 2. The van der Waals surface area contributed by atoms with Crippen molar-refractivity contribution in [2.45, 2.75) is 92.6 Å². The molecule has 0 bridgehead atoms. The van der Waals surface area contributed by atoms with Crippen LogP contribution in [0.3, 0.4) is 0 Å². The number of nitrogens with one attached hydrogen (secondary N) is 3. The molecular weight excluding hydrogens is 1370 g/mol. The first-order chi connectivity index (χ1) is 41.9. The standard InChI is InChI=1S/C18H12ClF8N7O.C10H11BClNO3.C8H4F8N6.C8H3F8N3/c1-33-12(11(17(22,23)24)13(30-33)16(20,21)18(25,26)27)14-29-32-34(31-14)8-4-5-10(19)9(6-8)15(35)28-7-2-3-7;12-9-4-1-6(11(15)16)5-8(9)10(14)13-7-2-3-7;1-22-3(5-17-20-21-18-5)2(7(11,12)13)4(19-22)6(9,10)8(14,15)16;1-19-3(2-17)4(7(11,12)13)5(18-19)6(9,10)8(14,15)16/h4-7H,2-3H2,1H3,(H,28,35);1,4-5,7,15-16H,2-3H2,(H,13,14);1H3,(H,17,18,20,21);1H3. The predicted molar refractivity (Wildman–Crippen MR) is 258 cm³/mol. The maximum atomic E-state index is 13.9. The average molecular weight is 1400 g/mol. The maximum Gasteiger partial charge on any atom is 0.488 e. The fourth-order valence-corrected chi connectivity index (χ4v) is 7.84. The van der Waals surface area contributed by atoms with Crippen molar-refractivity contribution in [3.63, 3.8) is 0 Å². The Balaban J connectivity index is 0.000000205. The van der Waals surface area contributed by atoms with Crippen molar-refractivity contribution in [2.75, 3.05) is 0 Å². The molecule has 5 aromatic heterocycles. The van der Waals surface area contributed by atoms with Gasteiger partial charge in [0.15, 0.2) is 22.8 Å². The molecule has 0 unspecified atom stereocenters. The van der Waals surface area contributed by atoms with Gasteiger partial charge in [-0.3, -0.25) is 23.6 Å². The van der Waals surface area contributed by atoms with Gasteiger partial charge in [-0.05, 0) is 71.9 Å². The lowest BCUT2D eigenvalue weighted by molar-refractivity contribution is -0.292. The molecular formula is C44H30BCl2F24N17O4. The zero-order valence-electron chi connectivity index (χ0n) is 44.8. The number of hydrogen-bond donors (Lipinski definition) is 5. The van der Waals surface area contributed by atoms with Gasteiger partial charge in [0.1, 0.15) is 34.1 Å². The predicted octanol–water partition coefficient (Wildman–Crippen LogP) is 9.43. The van der Waals surface area contributed by atoms with Gasteiger partial charge in [-0.1, -0.05) is 29.3 Å². The van der Waals surface area contributed by atoms with E-state index in [0.29, 0.717) is 16.9 Å². The van der Waals surface area contributed by atoms with E-state index < -0.39 is 130 Å². The van der Waals surface area contributed by atoms with E-state index in [9.17, 15) is 115 Å². The Labute approximate surface area is 503 Å². The summed E-state index contributed by atoms with van der Waals surface area (Å²) >= 11 is 11.9. The molecule has 0 aliphatic heterocycles. The van der Waals surface area contributed by atoms with Crippen molar-refractivity contribution in [2.24, 2.45) is 21.1 Å². The number of benzene rings is 2. The van der Waals surface area contributed by atoms with Crippen molar-refractivity contribution in [3.8, 4) is 34.8 Å².